The van der Waals surface area contributed by atoms with Crippen molar-refractivity contribution in [1.29, 1.82) is 0 Å². The molecule has 1 saturated carbocycles. The molecule has 1 amide bonds. The third-order valence-electron chi connectivity index (χ3n) is 4.23. The molecule has 1 aliphatic rings. The highest BCUT2D eigenvalue weighted by molar-refractivity contribution is 6.27. The van der Waals surface area contributed by atoms with Crippen molar-refractivity contribution < 1.29 is 9.90 Å². The summed E-state index contributed by atoms with van der Waals surface area (Å²) >= 11 is 5.75. The van der Waals surface area contributed by atoms with Crippen LogP contribution in [0.25, 0.3) is 0 Å². The third kappa shape index (κ3) is 4.72. The molecule has 0 heterocycles. The van der Waals surface area contributed by atoms with Crippen molar-refractivity contribution in [3.05, 3.63) is 35.4 Å². The fourth-order valence-electron chi connectivity index (χ4n) is 3.03. The van der Waals surface area contributed by atoms with E-state index in [2.05, 4.69) is 25.1 Å². The van der Waals surface area contributed by atoms with Crippen molar-refractivity contribution in [2.75, 3.05) is 12.4 Å². The van der Waals surface area contributed by atoms with Crippen LogP contribution in [0, 0.1) is 5.92 Å². The molecule has 0 spiro atoms. The number of carbonyl (C=O) groups is 1. The molecular weight excluding hydrogens is 286 g/mol. The number of carbonyl (C=O) groups excluding carboxylic acids is 1. The number of benzene rings is 1. The zero-order valence-electron chi connectivity index (χ0n) is 12.6. The second kappa shape index (κ2) is 7.81. The van der Waals surface area contributed by atoms with E-state index >= 15 is 0 Å². The molecule has 0 radical (unpaired) electrons. The molecule has 116 valence electrons. The summed E-state index contributed by atoms with van der Waals surface area (Å²) in [7, 11) is 0. The lowest BCUT2D eigenvalue weighted by Crippen LogP contribution is -2.35. The Labute approximate surface area is 131 Å². The van der Waals surface area contributed by atoms with E-state index in [-0.39, 0.29) is 17.9 Å². The van der Waals surface area contributed by atoms with Crippen LogP contribution in [0.15, 0.2) is 24.3 Å². The molecular formula is C17H24ClNO2. The van der Waals surface area contributed by atoms with Crippen LogP contribution >= 0.6 is 11.6 Å². The fourth-order valence-corrected chi connectivity index (χ4v) is 3.20. The Morgan fingerprint density at radius 3 is 2.76 bits per heavy atom. The van der Waals surface area contributed by atoms with Gasteiger partial charge >= 0.3 is 0 Å². The minimum Gasteiger partial charge on any atom is -0.393 e. The predicted octanol–water partition coefficient (Wildman–Crippen LogP) is 2.98. The van der Waals surface area contributed by atoms with Gasteiger partial charge in [0.2, 0.25) is 5.91 Å². The van der Waals surface area contributed by atoms with E-state index in [0.717, 1.165) is 31.2 Å². The minimum absolute atomic E-state index is 0.0166. The normalized spacial score (nSPS) is 21.5. The maximum atomic E-state index is 12.1. The summed E-state index contributed by atoms with van der Waals surface area (Å²) in [6.45, 7) is 3.42. The highest BCUT2D eigenvalue weighted by Crippen LogP contribution is 2.26. The highest BCUT2D eigenvalue weighted by Gasteiger charge is 2.26. The molecule has 0 aromatic heterocycles. The van der Waals surface area contributed by atoms with Crippen LogP contribution in [0.3, 0.4) is 0 Å². The van der Waals surface area contributed by atoms with Gasteiger partial charge in [-0.3, -0.25) is 4.79 Å². The fraction of sp³-hybridized carbons (Fsp3) is 0.588. The Morgan fingerprint density at radius 1 is 1.38 bits per heavy atom. The van der Waals surface area contributed by atoms with E-state index < -0.39 is 0 Å². The van der Waals surface area contributed by atoms with Gasteiger partial charge in [-0.2, -0.15) is 0 Å². The minimum atomic E-state index is -0.202. The lowest BCUT2D eigenvalue weighted by Gasteiger charge is -2.25. The topological polar surface area (TPSA) is 40.5 Å². The summed E-state index contributed by atoms with van der Waals surface area (Å²) in [5.74, 6) is 0.379. The Morgan fingerprint density at radius 2 is 2.14 bits per heavy atom. The van der Waals surface area contributed by atoms with Crippen LogP contribution in [-0.4, -0.2) is 34.4 Å². The summed E-state index contributed by atoms with van der Waals surface area (Å²) in [4.78, 5) is 13.9. The lowest BCUT2D eigenvalue weighted by atomic mass is 10.1. The number of halogens is 1. The van der Waals surface area contributed by atoms with E-state index in [0.29, 0.717) is 19.0 Å². The molecule has 2 rings (SSSR count). The van der Waals surface area contributed by atoms with Gasteiger partial charge in [-0.15, -0.1) is 11.6 Å². The molecule has 2 atom stereocenters. The van der Waals surface area contributed by atoms with Gasteiger partial charge in [0.15, 0.2) is 0 Å². The van der Waals surface area contributed by atoms with Crippen LogP contribution in [0.4, 0.5) is 0 Å². The maximum Gasteiger partial charge on any atom is 0.237 e. The second-order valence-corrected chi connectivity index (χ2v) is 6.18. The number of alkyl halides is 1. The highest BCUT2D eigenvalue weighted by atomic mass is 35.5. The summed E-state index contributed by atoms with van der Waals surface area (Å²) in [5, 5.41) is 9.64. The van der Waals surface area contributed by atoms with E-state index in [4.69, 9.17) is 11.6 Å². The van der Waals surface area contributed by atoms with Crippen LogP contribution in [0.2, 0.25) is 0 Å². The summed E-state index contributed by atoms with van der Waals surface area (Å²) in [6, 6.07) is 8.34. The molecule has 0 bridgehead atoms. The smallest absolute Gasteiger partial charge is 0.237 e. The maximum absolute atomic E-state index is 12.1. The van der Waals surface area contributed by atoms with Gasteiger partial charge in [-0.05, 0) is 42.7 Å². The quantitative estimate of drug-likeness (QED) is 0.821. The largest absolute Gasteiger partial charge is 0.393 e. The molecule has 2 unspecified atom stereocenters. The molecule has 0 saturated heterocycles. The molecule has 4 heteroatoms. The molecule has 21 heavy (non-hydrogen) atoms. The van der Waals surface area contributed by atoms with Crippen molar-refractivity contribution in [1.82, 2.24) is 4.90 Å². The number of amides is 1. The van der Waals surface area contributed by atoms with Gasteiger partial charge in [0.25, 0.3) is 0 Å². The molecule has 1 aromatic rings. The number of hydrogen-bond donors (Lipinski definition) is 1. The number of aryl methyl sites for hydroxylation is 1. The first kappa shape index (κ1) is 16.3. The molecule has 1 N–H and O–H groups in total. The zero-order valence-corrected chi connectivity index (χ0v) is 13.4. The molecule has 1 aliphatic carbocycles. The van der Waals surface area contributed by atoms with Crippen LogP contribution < -0.4 is 0 Å². The van der Waals surface area contributed by atoms with Crippen LogP contribution in [-0.2, 0) is 17.8 Å². The van der Waals surface area contributed by atoms with Crippen molar-refractivity contribution in [3.63, 3.8) is 0 Å². The van der Waals surface area contributed by atoms with Crippen molar-refractivity contribution in [3.8, 4) is 0 Å². The number of hydrogen-bond acceptors (Lipinski definition) is 2. The average molecular weight is 310 g/mol. The van der Waals surface area contributed by atoms with E-state index in [9.17, 15) is 9.90 Å². The zero-order chi connectivity index (χ0) is 15.2. The summed E-state index contributed by atoms with van der Waals surface area (Å²) in [6.07, 6.45) is 3.42. The van der Waals surface area contributed by atoms with Gasteiger partial charge in [0.05, 0.1) is 6.10 Å². The Hall–Kier alpha value is -1.06. The van der Waals surface area contributed by atoms with E-state index in [1.54, 1.807) is 0 Å². The Kier molecular flexibility index (Phi) is 6.07. The van der Waals surface area contributed by atoms with Crippen molar-refractivity contribution >= 4 is 17.5 Å². The summed E-state index contributed by atoms with van der Waals surface area (Å²) in [5.41, 5.74) is 2.42. The van der Waals surface area contributed by atoms with Crippen molar-refractivity contribution in [2.24, 2.45) is 5.92 Å². The van der Waals surface area contributed by atoms with Crippen LogP contribution in [0.1, 0.15) is 37.3 Å². The molecule has 3 nitrogen and oxygen atoms in total. The first-order valence-electron chi connectivity index (χ1n) is 7.72. The lowest BCUT2D eigenvalue weighted by molar-refractivity contribution is -0.129. The van der Waals surface area contributed by atoms with Gasteiger partial charge in [0.1, 0.15) is 5.88 Å². The molecule has 0 aliphatic heterocycles. The van der Waals surface area contributed by atoms with Gasteiger partial charge < -0.3 is 10.0 Å². The molecule has 1 fully saturated rings. The van der Waals surface area contributed by atoms with Gasteiger partial charge in [-0.1, -0.05) is 31.2 Å². The predicted molar refractivity (Wildman–Crippen MR) is 85.3 cm³/mol. The third-order valence-corrected chi connectivity index (χ3v) is 4.46. The molecule has 1 aromatic carbocycles. The standard InChI is InChI=1S/C17H24ClNO2/c1-2-13-4-3-5-14(8-13)11-19(17(21)10-18)12-15-6-7-16(20)9-15/h3-5,8,15-16,20H,2,6-7,9-12H2,1H3. The number of aliphatic hydroxyl groups is 1. The summed E-state index contributed by atoms with van der Waals surface area (Å²) < 4.78 is 0. The first-order chi connectivity index (χ1) is 10.1. The Bertz CT molecular complexity index is 478. The van der Waals surface area contributed by atoms with Crippen LogP contribution in [0.5, 0.6) is 0 Å². The average Bonchev–Trinajstić information content (AvgIpc) is 2.91. The monoisotopic (exact) mass is 309 g/mol. The number of rotatable bonds is 6. The van der Waals surface area contributed by atoms with Crippen molar-refractivity contribution in [2.45, 2.75) is 45.3 Å². The van der Waals surface area contributed by atoms with E-state index in [1.165, 1.54) is 5.56 Å². The number of aliphatic hydroxyl groups excluding tert-OH is 1. The SMILES string of the molecule is CCc1cccc(CN(CC2CCC(O)C2)C(=O)CCl)c1. The van der Waals surface area contributed by atoms with E-state index in [1.807, 2.05) is 11.0 Å². The van der Waals surface area contributed by atoms with Gasteiger partial charge in [0, 0.05) is 13.1 Å². The van der Waals surface area contributed by atoms with Gasteiger partial charge in [-0.25, -0.2) is 0 Å². The number of nitrogens with zero attached hydrogens (tertiary/aromatic N) is 1. The first-order valence-corrected chi connectivity index (χ1v) is 8.25. The second-order valence-electron chi connectivity index (χ2n) is 5.91. The Balaban J connectivity index is 2.03.